The minimum Gasteiger partial charge on any atom is -0.491 e. The summed E-state index contributed by atoms with van der Waals surface area (Å²) in [6, 6.07) is 12.7. The zero-order valence-electron chi connectivity index (χ0n) is 15.8. The second kappa shape index (κ2) is 8.45. The molecule has 0 spiro atoms. The van der Waals surface area contributed by atoms with E-state index in [1.54, 1.807) is 24.3 Å². The Morgan fingerprint density at radius 2 is 1.97 bits per heavy atom. The number of hydrogen-bond acceptors (Lipinski definition) is 10. The van der Waals surface area contributed by atoms with Gasteiger partial charge < -0.3 is 10.5 Å². The van der Waals surface area contributed by atoms with Gasteiger partial charge in [-0.2, -0.15) is 5.10 Å². The summed E-state index contributed by atoms with van der Waals surface area (Å²) in [5.41, 5.74) is 7.08. The van der Waals surface area contributed by atoms with Crippen LogP contribution < -0.4 is 10.5 Å². The minimum absolute atomic E-state index is 0.0448. The predicted molar refractivity (Wildman–Crippen MR) is 116 cm³/mol. The highest BCUT2D eigenvalue weighted by Crippen LogP contribution is 2.41. The van der Waals surface area contributed by atoms with Crippen LogP contribution in [-0.2, 0) is 0 Å². The van der Waals surface area contributed by atoms with Crippen molar-refractivity contribution in [2.75, 3.05) is 12.8 Å². The molecule has 0 atom stereocenters. The maximum absolute atomic E-state index is 10.8. The van der Waals surface area contributed by atoms with Crippen LogP contribution in [0.3, 0.4) is 0 Å². The van der Waals surface area contributed by atoms with Gasteiger partial charge in [0.05, 0.1) is 23.4 Å². The van der Waals surface area contributed by atoms with E-state index in [0.29, 0.717) is 32.8 Å². The molecule has 0 aliphatic heterocycles. The van der Waals surface area contributed by atoms with Crippen molar-refractivity contribution in [3.63, 3.8) is 0 Å². The zero-order chi connectivity index (χ0) is 22.0. The fourth-order valence-electron chi connectivity index (χ4n) is 2.67. The van der Waals surface area contributed by atoms with E-state index in [9.17, 15) is 10.1 Å². The van der Waals surface area contributed by atoms with E-state index in [-0.39, 0.29) is 16.6 Å². The number of benzene rings is 2. The lowest BCUT2D eigenvalue weighted by atomic mass is 10.3. The van der Waals surface area contributed by atoms with Gasteiger partial charge >= 0.3 is 0 Å². The number of rotatable bonds is 6. The number of nitro groups is 1. The molecule has 0 bridgehead atoms. The molecular formula is C18H13ClN8O3S. The lowest BCUT2D eigenvalue weighted by Crippen LogP contribution is -1.96. The molecule has 0 saturated carbocycles. The van der Waals surface area contributed by atoms with Gasteiger partial charge in [0.25, 0.3) is 5.69 Å². The second-order valence-corrected chi connectivity index (χ2v) is 7.46. The summed E-state index contributed by atoms with van der Waals surface area (Å²) in [4.78, 5) is 10.3. The zero-order valence-corrected chi connectivity index (χ0v) is 17.4. The topological polar surface area (TPSA) is 147 Å². The molecule has 0 aliphatic rings. The van der Waals surface area contributed by atoms with Gasteiger partial charge in [0, 0.05) is 17.2 Å². The first-order chi connectivity index (χ1) is 15.0. The largest absolute Gasteiger partial charge is 0.491 e. The van der Waals surface area contributed by atoms with Crippen LogP contribution >= 0.6 is 22.9 Å². The van der Waals surface area contributed by atoms with Crippen LogP contribution in [0.15, 0.2) is 58.8 Å². The van der Waals surface area contributed by atoms with E-state index in [1.165, 1.54) is 36.1 Å². The molecule has 0 radical (unpaired) electrons. The van der Waals surface area contributed by atoms with Gasteiger partial charge in [0.15, 0.2) is 16.5 Å². The molecule has 0 unspecified atom stereocenters. The van der Waals surface area contributed by atoms with Gasteiger partial charge in [-0.15, -0.1) is 20.4 Å². The fraction of sp³-hybridized carbons (Fsp3) is 0.0556. The number of azo groups is 1. The van der Waals surface area contributed by atoms with Crippen LogP contribution in [-0.4, -0.2) is 32.0 Å². The van der Waals surface area contributed by atoms with E-state index in [2.05, 4.69) is 25.5 Å². The lowest BCUT2D eigenvalue weighted by molar-refractivity contribution is -0.384. The summed E-state index contributed by atoms with van der Waals surface area (Å²) in [5.74, 6) is 0.577. The van der Waals surface area contributed by atoms with Crippen LogP contribution in [0.1, 0.15) is 0 Å². The van der Waals surface area contributed by atoms with Crippen LogP contribution in [0.4, 0.5) is 22.3 Å². The molecule has 31 heavy (non-hydrogen) atoms. The van der Waals surface area contributed by atoms with E-state index in [4.69, 9.17) is 22.1 Å². The summed E-state index contributed by atoms with van der Waals surface area (Å²) in [7, 11) is 1.47. The van der Waals surface area contributed by atoms with Crippen molar-refractivity contribution in [1.29, 1.82) is 0 Å². The number of nitrogen functional groups attached to an aromatic ring is 1. The Bertz CT molecular complexity index is 1290. The lowest BCUT2D eigenvalue weighted by Gasteiger charge is -2.04. The first kappa shape index (κ1) is 20.4. The number of halogens is 1. The second-order valence-electron chi connectivity index (χ2n) is 6.02. The molecule has 156 valence electrons. The summed E-state index contributed by atoms with van der Waals surface area (Å²) in [6.45, 7) is 0. The Labute approximate surface area is 183 Å². The molecule has 2 N–H and O–H groups in total. The molecule has 0 aliphatic carbocycles. The number of ether oxygens (including phenoxy) is 1. The van der Waals surface area contributed by atoms with Gasteiger partial charge in [-0.05, 0) is 30.3 Å². The number of nitrogens with two attached hydrogens (primary N) is 1. The van der Waals surface area contributed by atoms with E-state index in [1.807, 2.05) is 0 Å². The average Bonchev–Trinajstić information content (AvgIpc) is 3.35. The first-order valence-electron chi connectivity index (χ1n) is 8.65. The number of nitro benzene ring substituents is 1. The Kier molecular flexibility index (Phi) is 5.56. The Morgan fingerprint density at radius 1 is 1.19 bits per heavy atom. The van der Waals surface area contributed by atoms with Crippen molar-refractivity contribution < 1.29 is 9.66 Å². The summed E-state index contributed by atoms with van der Waals surface area (Å²) in [6.07, 6.45) is 0. The number of hydrogen-bond donors (Lipinski definition) is 1. The molecule has 11 nitrogen and oxygen atoms in total. The summed E-state index contributed by atoms with van der Waals surface area (Å²) < 4.78 is 7.06. The van der Waals surface area contributed by atoms with Crippen molar-refractivity contribution >= 4 is 45.3 Å². The third-order valence-corrected chi connectivity index (χ3v) is 5.03. The fourth-order valence-corrected chi connectivity index (χ4v) is 3.45. The van der Waals surface area contributed by atoms with Crippen molar-refractivity contribution in [3.05, 3.63) is 63.7 Å². The number of aromatic nitrogens is 4. The average molecular weight is 457 g/mol. The molecule has 4 aromatic rings. The van der Waals surface area contributed by atoms with Gasteiger partial charge in [-0.1, -0.05) is 29.0 Å². The van der Waals surface area contributed by atoms with Crippen molar-refractivity contribution in [2.45, 2.75) is 0 Å². The van der Waals surface area contributed by atoms with Crippen molar-refractivity contribution in [1.82, 2.24) is 20.0 Å². The predicted octanol–water partition coefficient (Wildman–Crippen LogP) is 4.96. The number of nitrogens with zero attached hydrogens (tertiary/aromatic N) is 7. The highest BCUT2D eigenvalue weighted by Gasteiger charge is 2.24. The van der Waals surface area contributed by atoms with Gasteiger partial charge in [-0.25, -0.2) is 4.68 Å². The maximum atomic E-state index is 10.8. The minimum atomic E-state index is -0.488. The molecule has 4 rings (SSSR count). The van der Waals surface area contributed by atoms with Gasteiger partial charge in [-0.3, -0.25) is 10.1 Å². The number of methoxy groups -OCH3 is 1. The third kappa shape index (κ3) is 4.20. The highest BCUT2D eigenvalue weighted by atomic mass is 35.5. The molecule has 0 amide bonds. The highest BCUT2D eigenvalue weighted by molar-refractivity contribution is 7.18. The Hall–Kier alpha value is -3.90. The van der Waals surface area contributed by atoms with Crippen molar-refractivity contribution in [3.8, 4) is 22.1 Å². The van der Waals surface area contributed by atoms with E-state index < -0.39 is 4.92 Å². The van der Waals surface area contributed by atoms with Gasteiger partial charge in [0.1, 0.15) is 0 Å². The normalized spacial score (nSPS) is 11.2. The molecule has 2 heterocycles. The van der Waals surface area contributed by atoms with Gasteiger partial charge in [0.2, 0.25) is 10.9 Å². The van der Waals surface area contributed by atoms with Crippen LogP contribution in [0, 0.1) is 10.1 Å². The molecule has 0 fully saturated rings. The summed E-state index contributed by atoms with van der Waals surface area (Å²) in [5, 5.41) is 33.0. The molecule has 0 saturated heterocycles. The molecular weight excluding hydrogens is 444 g/mol. The quantitative estimate of drug-likeness (QED) is 0.245. The molecule has 2 aromatic carbocycles. The molecule has 13 heteroatoms. The number of anilines is 1. The van der Waals surface area contributed by atoms with Crippen LogP contribution in [0.5, 0.6) is 5.75 Å². The SMILES string of the molecule is COc1c(-c2nnc(N)s2)nn(-c2cccc(Cl)c2)c1N=Nc1ccc([N+](=O)[O-])cc1. The smallest absolute Gasteiger partial charge is 0.269 e. The van der Waals surface area contributed by atoms with E-state index in [0.717, 1.165) is 11.3 Å². The standard InChI is InChI=1S/C18H13ClN8O3S/c1-30-15-14(17-23-24-18(20)31-17)25-26(13-4-2-3-10(19)9-13)16(15)22-21-11-5-7-12(8-6-11)27(28)29/h2-9H,1H3,(H2,20,24). The molecule has 2 aromatic heterocycles. The summed E-state index contributed by atoms with van der Waals surface area (Å²) >= 11 is 7.29. The Morgan fingerprint density at radius 3 is 2.58 bits per heavy atom. The monoisotopic (exact) mass is 456 g/mol. The van der Waals surface area contributed by atoms with Crippen LogP contribution in [0.2, 0.25) is 5.02 Å². The van der Waals surface area contributed by atoms with Crippen LogP contribution in [0.25, 0.3) is 16.4 Å². The third-order valence-electron chi connectivity index (χ3n) is 4.04. The van der Waals surface area contributed by atoms with Crippen molar-refractivity contribution in [2.24, 2.45) is 10.2 Å². The van der Waals surface area contributed by atoms with E-state index >= 15 is 0 Å². The first-order valence-corrected chi connectivity index (χ1v) is 9.84. The number of non-ortho nitro benzene ring substituents is 1. The maximum Gasteiger partial charge on any atom is 0.269 e. The Balaban J connectivity index is 1.84.